The van der Waals surface area contributed by atoms with E-state index in [1.165, 1.54) is 12.8 Å². The summed E-state index contributed by atoms with van der Waals surface area (Å²) < 4.78 is 0. The standard InChI is InChI=1S/C14H22N2O/c1-10(15-2)13-7-6-12(8-14(13)17)16(3)9-11-4-5-11/h6-8,10-11,15,17H,4-5,9H2,1-3H3. The molecule has 1 saturated carbocycles. The molecule has 0 amide bonds. The summed E-state index contributed by atoms with van der Waals surface area (Å²) in [6, 6.07) is 6.14. The molecule has 2 rings (SSSR count). The van der Waals surface area contributed by atoms with Crippen LogP contribution in [0.1, 0.15) is 31.4 Å². The molecular weight excluding hydrogens is 212 g/mol. The van der Waals surface area contributed by atoms with E-state index in [9.17, 15) is 5.11 Å². The van der Waals surface area contributed by atoms with Gasteiger partial charge in [-0.15, -0.1) is 0 Å². The molecule has 1 aliphatic rings. The number of nitrogens with one attached hydrogen (secondary N) is 1. The van der Waals surface area contributed by atoms with E-state index in [-0.39, 0.29) is 6.04 Å². The van der Waals surface area contributed by atoms with Crippen molar-refractivity contribution in [2.45, 2.75) is 25.8 Å². The SMILES string of the molecule is CNC(C)c1ccc(N(C)CC2CC2)cc1O. The molecule has 0 radical (unpaired) electrons. The zero-order valence-electron chi connectivity index (χ0n) is 10.9. The maximum atomic E-state index is 10.0. The molecule has 1 aromatic carbocycles. The minimum absolute atomic E-state index is 0.179. The van der Waals surface area contributed by atoms with Gasteiger partial charge < -0.3 is 15.3 Å². The summed E-state index contributed by atoms with van der Waals surface area (Å²) in [6.45, 7) is 3.14. The van der Waals surface area contributed by atoms with Crippen LogP contribution in [0.4, 0.5) is 5.69 Å². The van der Waals surface area contributed by atoms with Crippen LogP contribution in [0.15, 0.2) is 18.2 Å². The van der Waals surface area contributed by atoms with Gasteiger partial charge in [0.1, 0.15) is 5.75 Å². The Morgan fingerprint density at radius 1 is 1.47 bits per heavy atom. The van der Waals surface area contributed by atoms with Crippen molar-refractivity contribution in [3.63, 3.8) is 0 Å². The predicted octanol–water partition coefficient (Wildman–Crippen LogP) is 2.52. The number of phenols is 1. The van der Waals surface area contributed by atoms with Crippen LogP contribution in [0, 0.1) is 5.92 Å². The number of phenolic OH excluding ortho intramolecular Hbond substituents is 1. The fourth-order valence-electron chi connectivity index (χ4n) is 2.08. The lowest BCUT2D eigenvalue weighted by Gasteiger charge is -2.21. The predicted molar refractivity (Wildman–Crippen MR) is 71.6 cm³/mol. The molecule has 2 N–H and O–H groups in total. The summed E-state index contributed by atoms with van der Waals surface area (Å²) in [5, 5.41) is 13.2. The Bertz CT molecular complexity index is 388. The lowest BCUT2D eigenvalue weighted by Crippen LogP contribution is -2.20. The fourth-order valence-corrected chi connectivity index (χ4v) is 2.08. The Balaban J connectivity index is 2.11. The Hall–Kier alpha value is -1.22. The number of nitrogens with zero attached hydrogens (tertiary/aromatic N) is 1. The highest BCUT2D eigenvalue weighted by Gasteiger charge is 2.23. The van der Waals surface area contributed by atoms with Crippen LogP contribution < -0.4 is 10.2 Å². The highest BCUT2D eigenvalue weighted by molar-refractivity contribution is 5.53. The Morgan fingerprint density at radius 2 is 2.18 bits per heavy atom. The van der Waals surface area contributed by atoms with Gasteiger partial charge in [0.15, 0.2) is 0 Å². The Morgan fingerprint density at radius 3 is 2.71 bits per heavy atom. The van der Waals surface area contributed by atoms with Gasteiger partial charge in [0, 0.05) is 37.0 Å². The van der Waals surface area contributed by atoms with Crippen LogP contribution >= 0.6 is 0 Å². The normalized spacial score (nSPS) is 16.9. The van der Waals surface area contributed by atoms with Crippen molar-refractivity contribution in [2.24, 2.45) is 5.92 Å². The number of aromatic hydroxyl groups is 1. The third-order valence-corrected chi connectivity index (χ3v) is 3.58. The molecule has 0 heterocycles. The fraction of sp³-hybridized carbons (Fsp3) is 0.571. The van der Waals surface area contributed by atoms with Gasteiger partial charge in [-0.3, -0.25) is 0 Å². The summed E-state index contributed by atoms with van der Waals surface area (Å²) in [4.78, 5) is 2.23. The molecule has 3 nitrogen and oxygen atoms in total. The summed E-state index contributed by atoms with van der Waals surface area (Å²) in [6.07, 6.45) is 2.70. The van der Waals surface area contributed by atoms with E-state index in [1.807, 2.05) is 26.1 Å². The third kappa shape index (κ3) is 2.91. The Kier molecular flexibility index (Phi) is 3.57. The first kappa shape index (κ1) is 12.2. The molecule has 0 spiro atoms. The van der Waals surface area contributed by atoms with Gasteiger partial charge in [-0.05, 0) is 38.8 Å². The highest BCUT2D eigenvalue weighted by atomic mass is 16.3. The van der Waals surface area contributed by atoms with Crippen LogP contribution in [0.5, 0.6) is 5.75 Å². The summed E-state index contributed by atoms with van der Waals surface area (Å²) in [5.41, 5.74) is 2.05. The molecule has 1 unspecified atom stereocenters. The van der Waals surface area contributed by atoms with Crippen molar-refractivity contribution in [3.05, 3.63) is 23.8 Å². The van der Waals surface area contributed by atoms with E-state index >= 15 is 0 Å². The van der Waals surface area contributed by atoms with Crippen molar-refractivity contribution in [2.75, 3.05) is 25.5 Å². The number of anilines is 1. The van der Waals surface area contributed by atoms with Crippen LogP contribution in [-0.2, 0) is 0 Å². The maximum absolute atomic E-state index is 10.0. The molecule has 0 bridgehead atoms. The van der Waals surface area contributed by atoms with Gasteiger partial charge in [-0.25, -0.2) is 0 Å². The van der Waals surface area contributed by atoms with Gasteiger partial charge in [0.05, 0.1) is 0 Å². The van der Waals surface area contributed by atoms with Crippen LogP contribution in [0.3, 0.4) is 0 Å². The summed E-state index contributed by atoms with van der Waals surface area (Å²) >= 11 is 0. The molecule has 0 aliphatic heterocycles. The number of rotatable bonds is 5. The smallest absolute Gasteiger partial charge is 0.122 e. The first-order valence-electron chi connectivity index (χ1n) is 6.33. The molecule has 1 atom stereocenters. The molecule has 1 fully saturated rings. The van der Waals surface area contributed by atoms with Crippen molar-refractivity contribution >= 4 is 5.69 Å². The van der Waals surface area contributed by atoms with Gasteiger partial charge >= 0.3 is 0 Å². The van der Waals surface area contributed by atoms with E-state index in [1.54, 1.807) is 0 Å². The minimum atomic E-state index is 0.179. The summed E-state index contributed by atoms with van der Waals surface area (Å²) in [5.74, 6) is 1.24. The lowest BCUT2D eigenvalue weighted by atomic mass is 10.1. The van der Waals surface area contributed by atoms with E-state index in [2.05, 4.69) is 23.3 Å². The quantitative estimate of drug-likeness (QED) is 0.821. The van der Waals surface area contributed by atoms with E-state index < -0.39 is 0 Å². The average Bonchev–Trinajstić information content (AvgIpc) is 3.11. The van der Waals surface area contributed by atoms with Crippen LogP contribution in [-0.4, -0.2) is 25.7 Å². The van der Waals surface area contributed by atoms with Crippen LogP contribution in [0.25, 0.3) is 0 Å². The molecule has 17 heavy (non-hydrogen) atoms. The second-order valence-corrected chi connectivity index (χ2v) is 5.08. The summed E-state index contributed by atoms with van der Waals surface area (Å²) in [7, 11) is 3.99. The lowest BCUT2D eigenvalue weighted by molar-refractivity contribution is 0.458. The monoisotopic (exact) mass is 234 g/mol. The second-order valence-electron chi connectivity index (χ2n) is 5.08. The maximum Gasteiger partial charge on any atom is 0.122 e. The minimum Gasteiger partial charge on any atom is -0.508 e. The topological polar surface area (TPSA) is 35.5 Å². The van der Waals surface area contributed by atoms with E-state index in [4.69, 9.17) is 0 Å². The molecular formula is C14H22N2O. The van der Waals surface area contributed by atoms with Gasteiger partial charge in [-0.2, -0.15) is 0 Å². The number of benzene rings is 1. The molecule has 1 aliphatic carbocycles. The molecule has 3 heteroatoms. The number of hydrogen-bond acceptors (Lipinski definition) is 3. The second kappa shape index (κ2) is 4.96. The highest BCUT2D eigenvalue weighted by Crippen LogP contribution is 2.33. The zero-order valence-corrected chi connectivity index (χ0v) is 10.9. The first-order chi connectivity index (χ1) is 8.11. The molecule has 0 aromatic heterocycles. The van der Waals surface area contributed by atoms with E-state index in [0.29, 0.717) is 5.75 Å². The van der Waals surface area contributed by atoms with Crippen molar-refractivity contribution in [3.8, 4) is 5.75 Å². The average molecular weight is 234 g/mol. The third-order valence-electron chi connectivity index (χ3n) is 3.58. The van der Waals surface area contributed by atoms with Crippen LogP contribution in [0.2, 0.25) is 0 Å². The van der Waals surface area contributed by atoms with Crippen molar-refractivity contribution < 1.29 is 5.11 Å². The largest absolute Gasteiger partial charge is 0.508 e. The van der Waals surface area contributed by atoms with Gasteiger partial charge in [-0.1, -0.05) is 6.07 Å². The number of hydrogen-bond donors (Lipinski definition) is 2. The van der Waals surface area contributed by atoms with Crippen molar-refractivity contribution in [1.82, 2.24) is 5.32 Å². The van der Waals surface area contributed by atoms with E-state index in [0.717, 1.165) is 23.7 Å². The zero-order chi connectivity index (χ0) is 12.4. The van der Waals surface area contributed by atoms with Crippen molar-refractivity contribution in [1.29, 1.82) is 0 Å². The molecule has 1 aromatic rings. The van der Waals surface area contributed by atoms with Gasteiger partial charge in [0.25, 0.3) is 0 Å². The molecule has 0 saturated heterocycles. The Labute approximate surface area is 103 Å². The van der Waals surface area contributed by atoms with Gasteiger partial charge in [0.2, 0.25) is 0 Å². The first-order valence-corrected chi connectivity index (χ1v) is 6.33. The molecule has 94 valence electrons.